The highest BCUT2D eigenvalue weighted by atomic mass is 16.5. The molecular formula is C31H37NO7. The molecule has 8 nitrogen and oxygen atoms in total. The van der Waals surface area contributed by atoms with E-state index >= 15 is 0 Å². The Balaban J connectivity index is 1.81. The van der Waals surface area contributed by atoms with Crippen LogP contribution in [-0.2, 0) is 14.3 Å². The summed E-state index contributed by atoms with van der Waals surface area (Å²) in [5.74, 6) is 1.22. The third-order valence-electron chi connectivity index (χ3n) is 7.41. The molecule has 2 aromatic carbocycles. The molecule has 0 spiro atoms. The van der Waals surface area contributed by atoms with Gasteiger partial charge in [0.2, 0.25) is 0 Å². The van der Waals surface area contributed by atoms with Crippen LogP contribution < -0.4 is 24.3 Å². The van der Waals surface area contributed by atoms with E-state index in [-0.39, 0.29) is 18.1 Å². The highest BCUT2D eigenvalue weighted by Gasteiger charge is 2.42. The Kier molecular flexibility index (Phi) is 8.84. The van der Waals surface area contributed by atoms with Crippen LogP contribution in [-0.4, -0.2) is 46.8 Å². The Morgan fingerprint density at radius 1 is 0.923 bits per heavy atom. The molecule has 1 N–H and O–H groups in total. The minimum atomic E-state index is -0.653. The molecule has 0 fully saturated rings. The van der Waals surface area contributed by atoms with Crippen LogP contribution in [0.3, 0.4) is 0 Å². The van der Waals surface area contributed by atoms with E-state index in [4.69, 9.17) is 23.7 Å². The standard InChI is InChI=1S/C31H37NO7/c1-7-8-13-39-31(34)28-18(2)32-23-14-20(19-9-11-26(37-5)27(16-19)38-6)15-24(33)30(23)29(28)22-17-21(35-3)10-12-25(22)36-4/h9-12,16-17,20,29,32H,7-8,13-15H2,1-6H3/t20-,29+/m0/s1. The zero-order valence-corrected chi connectivity index (χ0v) is 23.5. The number of esters is 1. The summed E-state index contributed by atoms with van der Waals surface area (Å²) in [5.41, 5.74) is 4.09. The lowest BCUT2D eigenvalue weighted by Gasteiger charge is -2.37. The molecule has 0 unspecified atom stereocenters. The maximum atomic E-state index is 14.0. The van der Waals surface area contributed by atoms with E-state index in [1.807, 2.05) is 38.1 Å². The van der Waals surface area contributed by atoms with Crippen LogP contribution in [0.2, 0.25) is 0 Å². The van der Waals surface area contributed by atoms with E-state index in [9.17, 15) is 9.59 Å². The molecule has 0 amide bonds. The van der Waals surface area contributed by atoms with Crippen molar-refractivity contribution < 1.29 is 33.3 Å². The summed E-state index contributed by atoms with van der Waals surface area (Å²) in [6, 6.07) is 11.2. The minimum absolute atomic E-state index is 0.0373. The number of unbranched alkanes of at least 4 members (excludes halogenated alkanes) is 1. The zero-order chi connectivity index (χ0) is 28.1. The number of nitrogens with one attached hydrogen (secondary N) is 1. The Bertz CT molecular complexity index is 1310. The molecule has 1 aliphatic carbocycles. The van der Waals surface area contributed by atoms with Crippen LogP contribution in [0.15, 0.2) is 58.9 Å². The maximum Gasteiger partial charge on any atom is 0.336 e. The molecule has 39 heavy (non-hydrogen) atoms. The second kappa shape index (κ2) is 12.3. The van der Waals surface area contributed by atoms with Crippen molar-refractivity contribution >= 4 is 11.8 Å². The smallest absolute Gasteiger partial charge is 0.336 e. The van der Waals surface area contributed by atoms with Crippen molar-refractivity contribution in [1.29, 1.82) is 0 Å². The number of ether oxygens (including phenoxy) is 5. The van der Waals surface area contributed by atoms with Crippen LogP contribution in [0.5, 0.6) is 23.0 Å². The topological polar surface area (TPSA) is 92.3 Å². The van der Waals surface area contributed by atoms with Crippen molar-refractivity contribution in [3.8, 4) is 23.0 Å². The van der Waals surface area contributed by atoms with Crippen molar-refractivity contribution in [3.63, 3.8) is 0 Å². The van der Waals surface area contributed by atoms with E-state index in [1.165, 1.54) is 0 Å². The third kappa shape index (κ3) is 5.60. The van der Waals surface area contributed by atoms with Crippen LogP contribution in [0, 0.1) is 0 Å². The minimum Gasteiger partial charge on any atom is -0.497 e. The Labute approximate surface area is 229 Å². The molecular weight excluding hydrogens is 498 g/mol. The fourth-order valence-electron chi connectivity index (χ4n) is 5.42. The number of Topliss-reactive ketones (excluding diaryl/α,β-unsaturated/α-hetero) is 1. The monoisotopic (exact) mass is 535 g/mol. The fourth-order valence-corrected chi connectivity index (χ4v) is 5.42. The van der Waals surface area contributed by atoms with Gasteiger partial charge >= 0.3 is 5.97 Å². The summed E-state index contributed by atoms with van der Waals surface area (Å²) < 4.78 is 27.7. The average Bonchev–Trinajstić information content (AvgIpc) is 2.95. The van der Waals surface area contributed by atoms with Gasteiger partial charge in [-0.05, 0) is 61.6 Å². The molecule has 0 bridgehead atoms. The van der Waals surface area contributed by atoms with E-state index in [2.05, 4.69) is 5.32 Å². The van der Waals surface area contributed by atoms with Gasteiger partial charge in [0.1, 0.15) is 11.5 Å². The van der Waals surface area contributed by atoms with Crippen LogP contribution in [0.4, 0.5) is 0 Å². The van der Waals surface area contributed by atoms with Crippen LogP contribution >= 0.6 is 0 Å². The molecule has 2 aliphatic rings. The average molecular weight is 536 g/mol. The van der Waals surface area contributed by atoms with E-state index in [0.29, 0.717) is 58.4 Å². The zero-order valence-electron chi connectivity index (χ0n) is 23.5. The normalized spacial score (nSPS) is 18.8. The lowest BCUT2D eigenvalue weighted by atomic mass is 9.71. The van der Waals surface area contributed by atoms with Gasteiger partial charge in [-0.2, -0.15) is 0 Å². The number of allylic oxidation sites excluding steroid dienone is 3. The molecule has 208 valence electrons. The quantitative estimate of drug-likeness (QED) is 0.318. The number of ketones is 1. The summed E-state index contributed by atoms with van der Waals surface area (Å²) in [4.78, 5) is 27.4. The Morgan fingerprint density at radius 2 is 1.64 bits per heavy atom. The van der Waals surface area contributed by atoms with E-state index in [1.54, 1.807) is 40.6 Å². The van der Waals surface area contributed by atoms with Crippen molar-refractivity contribution in [3.05, 3.63) is 70.1 Å². The van der Waals surface area contributed by atoms with Crippen molar-refractivity contribution in [2.75, 3.05) is 35.0 Å². The highest BCUT2D eigenvalue weighted by molar-refractivity contribution is 6.04. The molecule has 1 aliphatic heterocycles. The van der Waals surface area contributed by atoms with Gasteiger partial charge in [0.05, 0.1) is 46.5 Å². The molecule has 0 saturated carbocycles. The first-order chi connectivity index (χ1) is 18.9. The number of hydrogen-bond donors (Lipinski definition) is 1. The molecule has 0 saturated heterocycles. The number of dihydropyridines is 1. The summed E-state index contributed by atoms with van der Waals surface area (Å²) in [7, 11) is 6.35. The summed E-state index contributed by atoms with van der Waals surface area (Å²) in [5, 5.41) is 3.40. The molecule has 8 heteroatoms. The second-order valence-electron chi connectivity index (χ2n) is 9.73. The largest absolute Gasteiger partial charge is 0.497 e. The first-order valence-corrected chi connectivity index (χ1v) is 13.2. The molecule has 0 aromatic heterocycles. The van der Waals surface area contributed by atoms with Crippen molar-refractivity contribution in [2.45, 2.75) is 51.4 Å². The summed E-state index contributed by atoms with van der Waals surface area (Å²) >= 11 is 0. The number of hydrogen-bond acceptors (Lipinski definition) is 8. The number of rotatable bonds is 10. The highest BCUT2D eigenvalue weighted by Crippen LogP contribution is 2.49. The SMILES string of the molecule is CCCCOC(=O)C1=C(C)NC2=C(C(=O)C[C@@H](c3ccc(OC)c(OC)c3)C2)[C@@H]1c1cc(OC)ccc1OC. The first-order valence-electron chi connectivity index (χ1n) is 13.2. The molecule has 4 rings (SSSR count). The van der Waals surface area contributed by atoms with Crippen LogP contribution in [0.25, 0.3) is 0 Å². The summed E-state index contributed by atoms with van der Waals surface area (Å²) in [6.45, 7) is 4.21. The van der Waals surface area contributed by atoms with Crippen molar-refractivity contribution in [1.82, 2.24) is 5.32 Å². The summed E-state index contributed by atoms with van der Waals surface area (Å²) in [6.07, 6.45) is 2.55. The predicted octanol–water partition coefficient (Wildman–Crippen LogP) is 5.43. The van der Waals surface area contributed by atoms with Gasteiger partial charge in [0, 0.05) is 29.0 Å². The van der Waals surface area contributed by atoms with Gasteiger partial charge in [0.25, 0.3) is 0 Å². The van der Waals surface area contributed by atoms with Gasteiger partial charge in [-0.25, -0.2) is 4.79 Å². The Hall–Kier alpha value is -3.94. The lowest BCUT2D eigenvalue weighted by molar-refractivity contribution is -0.139. The number of carbonyl (C=O) groups excluding carboxylic acids is 2. The predicted molar refractivity (Wildman–Crippen MR) is 148 cm³/mol. The van der Waals surface area contributed by atoms with Crippen LogP contribution in [0.1, 0.15) is 62.5 Å². The molecule has 1 heterocycles. The number of benzene rings is 2. The molecule has 2 aromatic rings. The van der Waals surface area contributed by atoms with E-state index < -0.39 is 11.9 Å². The Morgan fingerprint density at radius 3 is 2.31 bits per heavy atom. The fraction of sp³-hybridized carbons (Fsp3) is 0.419. The molecule has 2 atom stereocenters. The second-order valence-corrected chi connectivity index (χ2v) is 9.73. The third-order valence-corrected chi connectivity index (χ3v) is 7.41. The van der Waals surface area contributed by atoms with Gasteiger partial charge in [-0.15, -0.1) is 0 Å². The number of methoxy groups -OCH3 is 4. The van der Waals surface area contributed by atoms with Gasteiger partial charge in [0.15, 0.2) is 17.3 Å². The lowest BCUT2D eigenvalue weighted by Crippen LogP contribution is -2.36. The van der Waals surface area contributed by atoms with Crippen molar-refractivity contribution in [2.24, 2.45) is 0 Å². The first kappa shape index (κ1) is 28.1. The maximum absolute atomic E-state index is 14.0. The van der Waals surface area contributed by atoms with Gasteiger partial charge in [-0.1, -0.05) is 19.4 Å². The van der Waals surface area contributed by atoms with Gasteiger partial charge < -0.3 is 29.0 Å². The number of carbonyl (C=O) groups is 2. The van der Waals surface area contributed by atoms with E-state index in [0.717, 1.165) is 24.1 Å². The van der Waals surface area contributed by atoms with Gasteiger partial charge in [-0.3, -0.25) is 4.79 Å². The molecule has 0 radical (unpaired) electrons.